The molecular formula is C25H27NO2. The highest BCUT2D eigenvalue weighted by Crippen LogP contribution is 2.43. The molecule has 3 heteroatoms. The third-order valence-electron chi connectivity index (χ3n) is 5.58. The summed E-state index contributed by atoms with van der Waals surface area (Å²) in [5, 5.41) is 15.6. The Morgan fingerprint density at radius 1 is 0.929 bits per heavy atom. The molecule has 1 heterocycles. The quantitative estimate of drug-likeness (QED) is 0.822. The summed E-state index contributed by atoms with van der Waals surface area (Å²) in [4.78, 5) is 0. The topological polar surface area (TPSA) is 41.5 Å². The minimum atomic E-state index is -1.26. The van der Waals surface area contributed by atoms with Crippen LogP contribution in [-0.2, 0) is 10.3 Å². The van der Waals surface area contributed by atoms with Gasteiger partial charge >= 0.3 is 0 Å². The molecule has 1 atom stereocenters. The van der Waals surface area contributed by atoms with E-state index in [0.29, 0.717) is 6.61 Å². The van der Waals surface area contributed by atoms with Gasteiger partial charge in [0.25, 0.3) is 0 Å². The number of rotatable bonds is 3. The molecule has 0 aromatic heterocycles. The fourth-order valence-corrected chi connectivity index (χ4v) is 3.80. The van der Waals surface area contributed by atoms with Crippen molar-refractivity contribution in [1.29, 1.82) is 0 Å². The Kier molecular flexibility index (Phi) is 4.64. The maximum Gasteiger partial charge on any atom is 0.194 e. The van der Waals surface area contributed by atoms with Gasteiger partial charge in [-0.15, -0.1) is 0 Å². The van der Waals surface area contributed by atoms with Crippen LogP contribution in [0.15, 0.2) is 95.9 Å². The molecule has 3 nitrogen and oxygen atoms in total. The van der Waals surface area contributed by atoms with E-state index in [-0.39, 0.29) is 11.5 Å². The van der Waals surface area contributed by atoms with Gasteiger partial charge in [-0.05, 0) is 22.6 Å². The number of hydrogen-bond acceptors (Lipinski definition) is 3. The number of hydrogen-bond donors (Lipinski definition) is 2. The second-order valence-electron chi connectivity index (χ2n) is 8.50. The zero-order valence-electron chi connectivity index (χ0n) is 16.6. The Balaban J connectivity index is 1.81. The van der Waals surface area contributed by atoms with E-state index < -0.39 is 5.60 Å². The second-order valence-corrected chi connectivity index (χ2v) is 8.50. The maximum atomic E-state index is 12.1. The zero-order chi connectivity index (χ0) is 19.8. The fraction of sp³-hybridized carbons (Fsp3) is 0.280. The lowest BCUT2D eigenvalue weighted by Gasteiger charge is -2.32. The van der Waals surface area contributed by atoms with Crippen LogP contribution in [-0.4, -0.2) is 17.8 Å². The van der Waals surface area contributed by atoms with Gasteiger partial charge < -0.3 is 15.2 Å². The third kappa shape index (κ3) is 3.16. The molecular weight excluding hydrogens is 346 g/mol. The predicted octanol–water partition coefficient (Wildman–Crippen LogP) is 4.66. The lowest BCUT2D eigenvalue weighted by molar-refractivity contribution is 0.123. The van der Waals surface area contributed by atoms with Crippen LogP contribution in [0.2, 0.25) is 0 Å². The van der Waals surface area contributed by atoms with E-state index in [9.17, 15) is 5.11 Å². The first-order valence-electron chi connectivity index (χ1n) is 9.77. The van der Waals surface area contributed by atoms with Gasteiger partial charge in [0, 0.05) is 11.1 Å². The summed E-state index contributed by atoms with van der Waals surface area (Å²) < 4.78 is 6.04. The Bertz CT molecular complexity index is 894. The lowest BCUT2D eigenvalue weighted by atomic mass is 9.78. The molecule has 1 fully saturated rings. The van der Waals surface area contributed by atoms with Crippen molar-refractivity contribution < 1.29 is 9.84 Å². The van der Waals surface area contributed by atoms with E-state index in [4.69, 9.17) is 4.74 Å². The summed E-state index contributed by atoms with van der Waals surface area (Å²) in [7, 11) is 0. The van der Waals surface area contributed by atoms with Crippen molar-refractivity contribution in [2.24, 2.45) is 5.41 Å². The normalized spacial score (nSPS) is 22.0. The van der Waals surface area contributed by atoms with Gasteiger partial charge in [0.05, 0.1) is 6.04 Å². The molecule has 2 aromatic carbocycles. The number of benzene rings is 2. The summed E-state index contributed by atoms with van der Waals surface area (Å²) in [6.07, 6.45) is 5.97. The number of ether oxygens (including phenoxy) is 1. The van der Waals surface area contributed by atoms with Crippen LogP contribution < -0.4 is 5.32 Å². The van der Waals surface area contributed by atoms with Crippen molar-refractivity contribution in [2.45, 2.75) is 32.4 Å². The Morgan fingerprint density at radius 2 is 1.50 bits per heavy atom. The summed E-state index contributed by atoms with van der Waals surface area (Å²) >= 11 is 0. The maximum absolute atomic E-state index is 12.1. The van der Waals surface area contributed by atoms with Gasteiger partial charge in [-0.25, -0.2) is 0 Å². The van der Waals surface area contributed by atoms with Crippen molar-refractivity contribution in [1.82, 2.24) is 5.32 Å². The lowest BCUT2D eigenvalue weighted by Crippen LogP contribution is -2.37. The van der Waals surface area contributed by atoms with Gasteiger partial charge in [0.1, 0.15) is 12.2 Å². The van der Waals surface area contributed by atoms with E-state index >= 15 is 0 Å². The summed E-state index contributed by atoms with van der Waals surface area (Å²) in [5.74, 6) is 0.741. The van der Waals surface area contributed by atoms with Crippen molar-refractivity contribution >= 4 is 0 Å². The molecule has 1 aliphatic carbocycles. The van der Waals surface area contributed by atoms with Crippen LogP contribution in [0.5, 0.6) is 0 Å². The number of aliphatic hydroxyl groups is 1. The van der Waals surface area contributed by atoms with Crippen LogP contribution in [0.4, 0.5) is 0 Å². The van der Waals surface area contributed by atoms with Gasteiger partial charge in [-0.2, -0.15) is 0 Å². The SMILES string of the molecule is CC(C)(C)[C@H]1CO/C(=C2\C=CC=C2C(O)(c2ccccc2)c2ccccc2)N1. The average molecular weight is 373 g/mol. The second kappa shape index (κ2) is 6.99. The van der Waals surface area contributed by atoms with Crippen LogP contribution >= 0.6 is 0 Å². The summed E-state index contributed by atoms with van der Waals surface area (Å²) in [6, 6.07) is 19.9. The molecule has 0 radical (unpaired) electrons. The monoisotopic (exact) mass is 373 g/mol. The van der Waals surface area contributed by atoms with Crippen LogP contribution in [0.1, 0.15) is 31.9 Å². The van der Waals surface area contributed by atoms with Gasteiger partial charge in [-0.3, -0.25) is 0 Å². The Labute approximate surface area is 167 Å². The van der Waals surface area contributed by atoms with E-state index in [1.165, 1.54) is 0 Å². The molecule has 0 unspecified atom stereocenters. The van der Waals surface area contributed by atoms with Crippen molar-refractivity contribution in [3.63, 3.8) is 0 Å². The van der Waals surface area contributed by atoms with E-state index in [1.807, 2.05) is 78.9 Å². The largest absolute Gasteiger partial charge is 0.477 e. The van der Waals surface area contributed by atoms with Gasteiger partial charge in [-0.1, -0.05) is 93.6 Å². The van der Waals surface area contributed by atoms with Crippen LogP contribution in [0.25, 0.3) is 0 Å². The van der Waals surface area contributed by atoms with Gasteiger partial charge in [0.15, 0.2) is 5.88 Å². The molecule has 2 N–H and O–H groups in total. The highest BCUT2D eigenvalue weighted by Gasteiger charge is 2.41. The van der Waals surface area contributed by atoms with E-state index in [2.05, 4.69) is 26.1 Å². The standard InChI is InChI=1S/C25H27NO2/c1-24(2,3)22-17-28-23(26-22)20-15-10-16-21(20)25(27,18-11-6-4-7-12-18)19-13-8-5-9-14-19/h4-16,22,26-27H,17H2,1-3H3/b23-20+/t22-/m1/s1. The molecule has 144 valence electrons. The highest BCUT2D eigenvalue weighted by molar-refractivity contribution is 5.60. The molecule has 0 amide bonds. The van der Waals surface area contributed by atoms with E-state index in [0.717, 1.165) is 28.2 Å². The third-order valence-corrected chi connectivity index (χ3v) is 5.58. The van der Waals surface area contributed by atoms with Crippen molar-refractivity contribution in [2.75, 3.05) is 6.61 Å². The molecule has 2 aliphatic rings. The molecule has 0 saturated carbocycles. The molecule has 0 spiro atoms. The van der Waals surface area contributed by atoms with Gasteiger partial charge in [0.2, 0.25) is 0 Å². The Morgan fingerprint density at radius 3 is 2.00 bits per heavy atom. The highest BCUT2D eigenvalue weighted by atomic mass is 16.5. The van der Waals surface area contributed by atoms with E-state index in [1.54, 1.807) is 0 Å². The molecule has 1 saturated heterocycles. The van der Waals surface area contributed by atoms with Crippen LogP contribution in [0.3, 0.4) is 0 Å². The molecule has 0 bridgehead atoms. The summed E-state index contributed by atoms with van der Waals surface area (Å²) in [6.45, 7) is 7.23. The smallest absolute Gasteiger partial charge is 0.194 e. The minimum Gasteiger partial charge on any atom is -0.477 e. The summed E-state index contributed by atoms with van der Waals surface area (Å²) in [5.41, 5.74) is 2.21. The Hall–Kier alpha value is -2.78. The zero-order valence-corrected chi connectivity index (χ0v) is 16.6. The predicted molar refractivity (Wildman–Crippen MR) is 112 cm³/mol. The number of nitrogens with one attached hydrogen (secondary N) is 1. The molecule has 2 aromatic rings. The van der Waals surface area contributed by atoms with Crippen molar-refractivity contribution in [3.05, 3.63) is 107 Å². The number of allylic oxidation sites excluding steroid dienone is 3. The first kappa shape index (κ1) is 18.6. The first-order chi connectivity index (χ1) is 13.4. The first-order valence-corrected chi connectivity index (χ1v) is 9.77. The minimum absolute atomic E-state index is 0.0870. The average Bonchev–Trinajstić information content (AvgIpc) is 3.38. The van der Waals surface area contributed by atoms with Crippen molar-refractivity contribution in [3.8, 4) is 0 Å². The molecule has 4 rings (SSSR count). The molecule has 28 heavy (non-hydrogen) atoms. The fourth-order valence-electron chi connectivity index (χ4n) is 3.80. The molecule has 1 aliphatic heterocycles. The van der Waals surface area contributed by atoms with Crippen LogP contribution in [0, 0.1) is 5.41 Å².